The number of rotatable bonds is 6. The summed E-state index contributed by atoms with van der Waals surface area (Å²) in [6, 6.07) is 8.02. The van der Waals surface area contributed by atoms with Gasteiger partial charge >= 0.3 is 0 Å². The largest absolute Gasteiger partial charge is 0.367 e. The number of nitrogens with zero attached hydrogens (tertiary/aromatic N) is 4. The zero-order chi connectivity index (χ0) is 23.3. The van der Waals surface area contributed by atoms with Crippen LogP contribution in [0.5, 0.6) is 0 Å². The minimum absolute atomic E-state index is 0.0494. The van der Waals surface area contributed by atoms with E-state index in [2.05, 4.69) is 31.1 Å². The summed E-state index contributed by atoms with van der Waals surface area (Å²) in [6.07, 6.45) is 6.28. The van der Waals surface area contributed by atoms with Gasteiger partial charge in [-0.05, 0) is 44.7 Å². The normalized spacial score (nSPS) is 25.7. The summed E-state index contributed by atoms with van der Waals surface area (Å²) in [5, 5.41) is 17.9. The summed E-state index contributed by atoms with van der Waals surface area (Å²) in [7, 11) is -3.26. The topological polar surface area (TPSA) is 128 Å². The molecule has 1 unspecified atom stereocenters. The number of aryl methyl sites for hydroxylation is 1. The fraction of sp³-hybridized carbons (Fsp3) is 0.522. The number of aromatic nitrogens is 4. The van der Waals surface area contributed by atoms with E-state index in [0.29, 0.717) is 24.7 Å². The molecule has 2 bridgehead atoms. The van der Waals surface area contributed by atoms with Crippen LogP contribution in [0.2, 0.25) is 0 Å². The van der Waals surface area contributed by atoms with Crippen molar-refractivity contribution in [1.82, 2.24) is 29.8 Å². The van der Waals surface area contributed by atoms with Gasteiger partial charge in [0, 0.05) is 60.6 Å². The lowest BCUT2D eigenvalue weighted by Crippen LogP contribution is -2.63. The molecule has 0 aromatic carbocycles. The molecule has 3 aliphatic rings. The second-order valence-electron chi connectivity index (χ2n) is 9.69. The molecule has 3 aromatic heterocycles. The van der Waals surface area contributed by atoms with Crippen molar-refractivity contribution in [2.24, 2.45) is 0 Å². The number of pyridine rings is 2. The molecule has 3 fully saturated rings. The number of piperidine rings is 2. The number of sulfonamides is 1. The molecular weight excluding hydrogens is 452 g/mol. The van der Waals surface area contributed by atoms with E-state index in [1.807, 2.05) is 35.5 Å². The molecule has 3 atom stereocenters. The summed E-state index contributed by atoms with van der Waals surface area (Å²) in [5.41, 5.74) is 1.80. The van der Waals surface area contributed by atoms with Crippen LogP contribution >= 0.6 is 0 Å². The Kier molecular flexibility index (Phi) is 5.42. The van der Waals surface area contributed by atoms with Gasteiger partial charge < -0.3 is 16.0 Å². The van der Waals surface area contributed by atoms with Crippen LogP contribution in [-0.4, -0.2) is 69.4 Å². The number of hydrogen-bond acceptors (Lipinski definition) is 8. The van der Waals surface area contributed by atoms with Gasteiger partial charge in [-0.15, -0.1) is 0 Å². The monoisotopic (exact) mass is 482 g/mol. The Morgan fingerprint density at radius 2 is 1.91 bits per heavy atom. The van der Waals surface area contributed by atoms with E-state index < -0.39 is 10.0 Å². The highest BCUT2D eigenvalue weighted by Crippen LogP contribution is 2.39. The van der Waals surface area contributed by atoms with Gasteiger partial charge in [0.2, 0.25) is 10.0 Å². The van der Waals surface area contributed by atoms with Gasteiger partial charge in [0.25, 0.3) is 0 Å². The predicted molar refractivity (Wildman–Crippen MR) is 132 cm³/mol. The second-order valence-corrected chi connectivity index (χ2v) is 11.8. The van der Waals surface area contributed by atoms with E-state index >= 15 is 0 Å². The first-order chi connectivity index (χ1) is 16.5. The van der Waals surface area contributed by atoms with Crippen molar-refractivity contribution >= 4 is 38.4 Å². The summed E-state index contributed by atoms with van der Waals surface area (Å²) >= 11 is 0. The molecule has 10 nitrogen and oxygen atoms in total. The van der Waals surface area contributed by atoms with Crippen molar-refractivity contribution in [3.8, 4) is 0 Å². The number of hydrogen-bond donors (Lipinski definition) is 4. The van der Waals surface area contributed by atoms with Crippen molar-refractivity contribution in [2.75, 3.05) is 23.7 Å². The van der Waals surface area contributed by atoms with Crippen molar-refractivity contribution in [3.05, 3.63) is 36.2 Å². The predicted octanol–water partition coefficient (Wildman–Crippen LogP) is 2.50. The van der Waals surface area contributed by atoms with Crippen LogP contribution in [0.1, 0.15) is 37.8 Å². The minimum Gasteiger partial charge on any atom is -0.367 e. The third-order valence-corrected chi connectivity index (χ3v) is 9.63. The highest BCUT2D eigenvalue weighted by atomic mass is 32.2. The maximum atomic E-state index is 13.3. The van der Waals surface area contributed by atoms with Gasteiger partial charge in [0.05, 0.1) is 5.52 Å². The first kappa shape index (κ1) is 21.8. The molecular formula is C23H30N8O2S. The molecule has 180 valence electrons. The second kappa shape index (κ2) is 8.47. The van der Waals surface area contributed by atoms with E-state index in [-0.39, 0.29) is 23.4 Å². The van der Waals surface area contributed by atoms with Gasteiger partial charge in [0.1, 0.15) is 16.9 Å². The first-order valence-electron chi connectivity index (χ1n) is 12.0. The number of nitrogens with one attached hydrogen (secondary N) is 4. The third-order valence-electron chi connectivity index (χ3n) is 7.27. The van der Waals surface area contributed by atoms with Crippen LogP contribution in [0.3, 0.4) is 0 Å². The number of fused-ring (bicyclic) bond motifs is 3. The average Bonchev–Trinajstić information content (AvgIpc) is 3.16. The van der Waals surface area contributed by atoms with Crippen molar-refractivity contribution < 1.29 is 8.42 Å². The fourth-order valence-electron chi connectivity index (χ4n) is 5.57. The smallest absolute Gasteiger partial charge is 0.220 e. The Morgan fingerprint density at radius 3 is 2.59 bits per heavy atom. The Bertz CT molecular complexity index is 1290. The molecule has 3 saturated heterocycles. The first-order valence-corrected chi connectivity index (χ1v) is 13.5. The fourth-order valence-corrected chi connectivity index (χ4v) is 7.79. The zero-order valence-electron chi connectivity index (χ0n) is 19.2. The van der Waals surface area contributed by atoms with Crippen LogP contribution in [0.25, 0.3) is 10.9 Å². The lowest BCUT2D eigenvalue weighted by Gasteiger charge is -2.49. The Balaban J connectivity index is 1.26. The van der Waals surface area contributed by atoms with Gasteiger partial charge in [-0.3, -0.25) is 10.1 Å². The van der Waals surface area contributed by atoms with Crippen LogP contribution in [0.4, 0.5) is 17.5 Å². The van der Waals surface area contributed by atoms with E-state index in [9.17, 15) is 8.42 Å². The van der Waals surface area contributed by atoms with E-state index in [4.69, 9.17) is 4.98 Å². The van der Waals surface area contributed by atoms with Gasteiger partial charge in [0.15, 0.2) is 5.82 Å². The summed E-state index contributed by atoms with van der Waals surface area (Å²) in [6.45, 7) is 3.09. The van der Waals surface area contributed by atoms with E-state index in [1.165, 1.54) is 0 Å². The zero-order valence-corrected chi connectivity index (χ0v) is 20.0. The molecule has 4 N–H and O–H groups in total. The SMILES string of the molecule is Cc1cc(Nc2cc3ncccc3c(NC3C[C@H]4CCC[C@@H](C3)N4S(=O)(=O)C3CNC3)n2)n[nH]1. The van der Waals surface area contributed by atoms with Gasteiger partial charge in [-0.25, -0.2) is 13.4 Å². The molecule has 6 rings (SSSR count). The summed E-state index contributed by atoms with van der Waals surface area (Å²) in [4.78, 5) is 9.39. The van der Waals surface area contributed by atoms with Gasteiger partial charge in [-0.2, -0.15) is 9.40 Å². The molecule has 11 heteroatoms. The minimum atomic E-state index is -3.26. The molecule has 34 heavy (non-hydrogen) atoms. The van der Waals surface area contributed by atoms with Crippen LogP contribution in [-0.2, 0) is 10.0 Å². The van der Waals surface area contributed by atoms with Crippen LogP contribution in [0, 0.1) is 6.92 Å². The van der Waals surface area contributed by atoms with Gasteiger partial charge in [-0.1, -0.05) is 6.42 Å². The van der Waals surface area contributed by atoms with Crippen molar-refractivity contribution in [1.29, 1.82) is 0 Å². The summed E-state index contributed by atoms with van der Waals surface area (Å²) in [5.74, 6) is 2.13. The van der Waals surface area contributed by atoms with Crippen LogP contribution in [0.15, 0.2) is 30.5 Å². The Labute approximate surface area is 199 Å². The number of aromatic amines is 1. The molecule has 0 radical (unpaired) electrons. The molecule has 0 spiro atoms. The van der Waals surface area contributed by atoms with E-state index in [1.54, 1.807) is 6.20 Å². The maximum Gasteiger partial charge on any atom is 0.220 e. The number of H-pyrrole nitrogens is 1. The molecule has 0 saturated carbocycles. The van der Waals surface area contributed by atoms with Crippen molar-refractivity contribution in [2.45, 2.75) is 62.4 Å². The highest BCUT2D eigenvalue weighted by molar-refractivity contribution is 7.89. The molecule has 3 aliphatic heterocycles. The Hall–Kier alpha value is -2.76. The molecule has 0 amide bonds. The highest BCUT2D eigenvalue weighted by Gasteiger charge is 2.48. The van der Waals surface area contributed by atoms with E-state index in [0.717, 1.165) is 54.5 Å². The lowest BCUT2D eigenvalue weighted by molar-refractivity contribution is 0.113. The molecule has 3 aromatic rings. The molecule has 6 heterocycles. The standard InChI is InChI=1S/C23H30N8O2S/c1-14-8-22(30-29-14)27-21-11-20-19(6-3-7-25-20)23(28-21)26-15-9-16-4-2-5-17(10-15)31(16)34(32,33)18-12-24-13-18/h3,6-8,11,15-18,24H,2,4-5,9-10,12-13H2,1H3,(H3,26,27,28,29,30)/t15?,16-,17+. The lowest BCUT2D eigenvalue weighted by atomic mass is 9.84. The summed E-state index contributed by atoms with van der Waals surface area (Å²) < 4.78 is 28.4. The van der Waals surface area contributed by atoms with Crippen molar-refractivity contribution in [3.63, 3.8) is 0 Å². The number of anilines is 3. The maximum absolute atomic E-state index is 13.3. The average molecular weight is 483 g/mol. The Morgan fingerprint density at radius 1 is 1.12 bits per heavy atom. The quantitative estimate of drug-likeness (QED) is 0.422. The molecule has 0 aliphatic carbocycles. The van der Waals surface area contributed by atoms with Crippen LogP contribution < -0.4 is 16.0 Å². The third kappa shape index (κ3) is 3.91.